The average Bonchev–Trinajstić information content (AvgIpc) is 2.84. The lowest BCUT2D eigenvalue weighted by Crippen LogP contribution is -2.38. The van der Waals surface area contributed by atoms with E-state index < -0.39 is 0 Å². The summed E-state index contributed by atoms with van der Waals surface area (Å²) in [5, 5.41) is 0. The van der Waals surface area contributed by atoms with Gasteiger partial charge in [-0.25, -0.2) is 4.79 Å². The number of likely N-dealkylation sites (tertiary alicyclic amines) is 1. The van der Waals surface area contributed by atoms with Crippen LogP contribution in [0.15, 0.2) is 29.1 Å². The number of aromatic nitrogens is 2. The van der Waals surface area contributed by atoms with Crippen molar-refractivity contribution in [2.45, 2.75) is 39.2 Å². The molecule has 2 aromatic rings. The first-order chi connectivity index (χ1) is 10.2. The molecule has 0 radical (unpaired) electrons. The monoisotopic (exact) mass is 287 g/mol. The van der Waals surface area contributed by atoms with E-state index in [2.05, 4.69) is 23.7 Å². The van der Waals surface area contributed by atoms with E-state index in [1.807, 2.05) is 28.8 Å². The zero-order valence-electron chi connectivity index (χ0n) is 13.0. The predicted molar refractivity (Wildman–Crippen MR) is 86.7 cm³/mol. The van der Waals surface area contributed by atoms with Crippen molar-refractivity contribution in [3.8, 4) is 0 Å². The molecule has 1 aromatic carbocycles. The number of benzene rings is 1. The van der Waals surface area contributed by atoms with Crippen LogP contribution in [-0.4, -0.2) is 34.1 Å². The number of piperidine rings is 1. The zero-order valence-corrected chi connectivity index (χ0v) is 13.0. The van der Waals surface area contributed by atoms with Crippen LogP contribution >= 0.6 is 0 Å². The first-order valence-electron chi connectivity index (χ1n) is 8.10. The van der Waals surface area contributed by atoms with Gasteiger partial charge in [0.2, 0.25) is 0 Å². The second kappa shape index (κ2) is 6.06. The highest BCUT2D eigenvalue weighted by molar-refractivity contribution is 5.75. The molecule has 1 aliphatic rings. The number of hydrogen-bond acceptors (Lipinski definition) is 2. The minimum Gasteiger partial charge on any atom is -0.306 e. The van der Waals surface area contributed by atoms with Gasteiger partial charge < -0.3 is 9.88 Å². The Bertz CT molecular complexity index is 649. The summed E-state index contributed by atoms with van der Waals surface area (Å²) in [5.74, 6) is 0.761. The molecule has 1 saturated heterocycles. The molecule has 1 fully saturated rings. The molecule has 3 rings (SSSR count). The second-order valence-corrected chi connectivity index (χ2v) is 6.36. The SMILES string of the molecule is CCC(C)CN1CCC(n2c(=O)[nH]c3ccccc32)CC1. The highest BCUT2D eigenvalue weighted by atomic mass is 16.1. The van der Waals surface area contributed by atoms with Crippen LogP contribution in [0.25, 0.3) is 11.0 Å². The quantitative estimate of drug-likeness (QED) is 0.939. The average molecular weight is 287 g/mol. The van der Waals surface area contributed by atoms with Gasteiger partial charge in [0.25, 0.3) is 0 Å². The van der Waals surface area contributed by atoms with Crippen molar-refractivity contribution in [1.82, 2.24) is 14.5 Å². The number of imidazole rings is 1. The Morgan fingerprint density at radius 1 is 1.29 bits per heavy atom. The molecule has 4 nitrogen and oxygen atoms in total. The number of rotatable bonds is 4. The van der Waals surface area contributed by atoms with Gasteiger partial charge in [0.1, 0.15) is 0 Å². The molecule has 0 aliphatic carbocycles. The van der Waals surface area contributed by atoms with Crippen LogP contribution in [-0.2, 0) is 0 Å². The molecule has 21 heavy (non-hydrogen) atoms. The molecule has 2 heterocycles. The molecule has 0 spiro atoms. The molecule has 1 unspecified atom stereocenters. The van der Waals surface area contributed by atoms with E-state index in [9.17, 15) is 4.79 Å². The summed E-state index contributed by atoms with van der Waals surface area (Å²) in [7, 11) is 0. The lowest BCUT2D eigenvalue weighted by Gasteiger charge is -2.33. The van der Waals surface area contributed by atoms with Crippen molar-refractivity contribution >= 4 is 11.0 Å². The number of aromatic amines is 1. The van der Waals surface area contributed by atoms with E-state index in [4.69, 9.17) is 0 Å². The summed E-state index contributed by atoms with van der Waals surface area (Å²) in [4.78, 5) is 17.8. The summed E-state index contributed by atoms with van der Waals surface area (Å²) in [6, 6.07) is 8.33. The zero-order chi connectivity index (χ0) is 14.8. The lowest BCUT2D eigenvalue weighted by atomic mass is 10.0. The maximum absolute atomic E-state index is 12.2. The molecule has 1 aliphatic heterocycles. The molecule has 4 heteroatoms. The van der Waals surface area contributed by atoms with Crippen LogP contribution in [0.1, 0.15) is 39.2 Å². The minimum atomic E-state index is 0.0385. The molecule has 1 atom stereocenters. The first-order valence-corrected chi connectivity index (χ1v) is 8.10. The number of nitrogens with one attached hydrogen (secondary N) is 1. The fourth-order valence-corrected chi connectivity index (χ4v) is 3.37. The van der Waals surface area contributed by atoms with Gasteiger partial charge in [-0.2, -0.15) is 0 Å². The maximum atomic E-state index is 12.2. The maximum Gasteiger partial charge on any atom is 0.326 e. The van der Waals surface area contributed by atoms with Gasteiger partial charge >= 0.3 is 5.69 Å². The third-order valence-corrected chi connectivity index (χ3v) is 4.81. The summed E-state index contributed by atoms with van der Waals surface area (Å²) in [6.07, 6.45) is 3.37. The van der Waals surface area contributed by atoms with E-state index in [1.54, 1.807) is 0 Å². The summed E-state index contributed by atoms with van der Waals surface area (Å²) in [6.45, 7) is 7.95. The second-order valence-electron chi connectivity index (χ2n) is 6.36. The van der Waals surface area contributed by atoms with Gasteiger partial charge in [-0.05, 0) is 30.9 Å². The molecular formula is C17H25N3O. The first kappa shape index (κ1) is 14.4. The van der Waals surface area contributed by atoms with Crippen molar-refractivity contribution < 1.29 is 0 Å². The van der Waals surface area contributed by atoms with Crippen LogP contribution in [0.3, 0.4) is 0 Å². The van der Waals surface area contributed by atoms with Crippen molar-refractivity contribution in [2.75, 3.05) is 19.6 Å². The number of nitrogens with zero attached hydrogens (tertiary/aromatic N) is 2. The Hall–Kier alpha value is -1.55. The van der Waals surface area contributed by atoms with E-state index in [0.29, 0.717) is 6.04 Å². The topological polar surface area (TPSA) is 41.0 Å². The van der Waals surface area contributed by atoms with Crippen LogP contribution in [0, 0.1) is 5.92 Å². The number of hydrogen-bond donors (Lipinski definition) is 1. The number of fused-ring (bicyclic) bond motifs is 1. The number of para-hydroxylation sites is 2. The van der Waals surface area contributed by atoms with Crippen molar-refractivity contribution in [2.24, 2.45) is 5.92 Å². The molecule has 0 amide bonds. The summed E-state index contributed by atoms with van der Waals surface area (Å²) < 4.78 is 1.97. The van der Waals surface area contributed by atoms with Gasteiger partial charge in [0.15, 0.2) is 0 Å². The van der Waals surface area contributed by atoms with Crippen LogP contribution < -0.4 is 5.69 Å². The van der Waals surface area contributed by atoms with Crippen LogP contribution in [0.2, 0.25) is 0 Å². The van der Waals surface area contributed by atoms with Crippen LogP contribution in [0.4, 0.5) is 0 Å². The largest absolute Gasteiger partial charge is 0.326 e. The lowest BCUT2D eigenvalue weighted by molar-refractivity contribution is 0.165. The third-order valence-electron chi connectivity index (χ3n) is 4.81. The van der Waals surface area contributed by atoms with Gasteiger partial charge in [0.05, 0.1) is 11.0 Å². The molecule has 0 bridgehead atoms. The Labute approximate surface area is 125 Å². The van der Waals surface area contributed by atoms with Crippen LogP contribution in [0.5, 0.6) is 0 Å². The smallest absolute Gasteiger partial charge is 0.306 e. The van der Waals surface area contributed by atoms with Gasteiger partial charge in [-0.1, -0.05) is 32.4 Å². The van der Waals surface area contributed by atoms with Gasteiger partial charge in [-0.15, -0.1) is 0 Å². The van der Waals surface area contributed by atoms with Gasteiger partial charge in [-0.3, -0.25) is 4.57 Å². The third kappa shape index (κ3) is 2.91. The molecular weight excluding hydrogens is 262 g/mol. The standard InChI is InChI=1S/C17H25N3O/c1-3-13(2)12-19-10-8-14(9-11-19)20-16-7-5-4-6-15(16)18-17(20)21/h4-7,13-14H,3,8-12H2,1-2H3,(H,18,21). The molecule has 0 saturated carbocycles. The van der Waals surface area contributed by atoms with E-state index >= 15 is 0 Å². The predicted octanol–water partition coefficient (Wildman–Crippen LogP) is 3.01. The minimum absolute atomic E-state index is 0.0385. The van der Waals surface area contributed by atoms with Crippen molar-refractivity contribution in [3.05, 3.63) is 34.7 Å². The van der Waals surface area contributed by atoms with Crippen molar-refractivity contribution in [3.63, 3.8) is 0 Å². The fraction of sp³-hybridized carbons (Fsp3) is 0.588. The van der Waals surface area contributed by atoms with Crippen molar-refractivity contribution in [1.29, 1.82) is 0 Å². The molecule has 1 aromatic heterocycles. The van der Waals surface area contributed by atoms with E-state index in [0.717, 1.165) is 42.9 Å². The highest BCUT2D eigenvalue weighted by Gasteiger charge is 2.23. The summed E-state index contributed by atoms with van der Waals surface area (Å²) >= 11 is 0. The van der Waals surface area contributed by atoms with Gasteiger partial charge in [0, 0.05) is 25.7 Å². The normalized spacial score (nSPS) is 19.1. The Balaban J connectivity index is 1.74. The summed E-state index contributed by atoms with van der Waals surface area (Å²) in [5.41, 5.74) is 2.03. The van der Waals surface area contributed by atoms with E-state index in [-0.39, 0.29) is 5.69 Å². The molecule has 1 N–H and O–H groups in total. The van der Waals surface area contributed by atoms with E-state index in [1.165, 1.54) is 13.0 Å². The molecule has 114 valence electrons. The fourth-order valence-electron chi connectivity index (χ4n) is 3.37. The Kier molecular flexibility index (Phi) is 4.15. The Morgan fingerprint density at radius 3 is 2.71 bits per heavy atom. The number of H-pyrrole nitrogens is 1. The highest BCUT2D eigenvalue weighted by Crippen LogP contribution is 2.25. The Morgan fingerprint density at radius 2 is 2.00 bits per heavy atom.